The second-order valence-electron chi connectivity index (χ2n) is 10.5. The van der Waals surface area contributed by atoms with Gasteiger partial charge in [-0.05, 0) is 89.0 Å². The highest BCUT2D eigenvalue weighted by Gasteiger charge is 2.21. The molecule has 8 rings (SSSR count). The zero-order chi connectivity index (χ0) is 26.5. The fraction of sp³-hybridized carbons (Fsp3) is 0. The molecule has 0 aromatic heterocycles. The lowest BCUT2D eigenvalue weighted by molar-refractivity contribution is 1.62. The normalized spacial score (nSPS) is 11.5. The molecule has 0 aliphatic carbocycles. The van der Waals surface area contributed by atoms with Crippen LogP contribution in [0.2, 0.25) is 0 Å². The van der Waals surface area contributed by atoms with Crippen molar-refractivity contribution in [2.24, 2.45) is 0 Å². The first kappa shape index (κ1) is 22.8. The molecule has 0 bridgehead atoms. The summed E-state index contributed by atoms with van der Waals surface area (Å²) in [4.78, 5) is 0. The van der Waals surface area contributed by atoms with Crippen LogP contribution in [0, 0.1) is 0 Å². The van der Waals surface area contributed by atoms with Crippen molar-refractivity contribution in [1.29, 1.82) is 0 Å². The highest BCUT2D eigenvalue weighted by Crippen LogP contribution is 2.49. The Bertz CT molecular complexity index is 2110. The van der Waals surface area contributed by atoms with Gasteiger partial charge in [0.1, 0.15) is 0 Å². The number of rotatable bonds is 4. The van der Waals surface area contributed by atoms with Gasteiger partial charge in [0.2, 0.25) is 0 Å². The molecule has 8 aromatic carbocycles. The van der Waals surface area contributed by atoms with E-state index in [1.54, 1.807) is 0 Å². The zero-order valence-corrected chi connectivity index (χ0v) is 22.0. The molecule has 0 fully saturated rings. The van der Waals surface area contributed by atoms with Gasteiger partial charge in [-0.2, -0.15) is 0 Å². The van der Waals surface area contributed by atoms with Crippen molar-refractivity contribution in [2.45, 2.75) is 0 Å². The molecule has 40 heavy (non-hydrogen) atoms. The highest BCUT2D eigenvalue weighted by molar-refractivity contribution is 6.32. The van der Waals surface area contributed by atoms with Gasteiger partial charge in [0, 0.05) is 0 Å². The first-order valence-electron chi connectivity index (χ1n) is 13.9. The summed E-state index contributed by atoms with van der Waals surface area (Å²) in [5.41, 5.74) is 10.0. The van der Waals surface area contributed by atoms with Gasteiger partial charge in [0.25, 0.3) is 0 Å². The van der Waals surface area contributed by atoms with Crippen molar-refractivity contribution in [3.05, 3.63) is 158 Å². The predicted octanol–water partition coefficient (Wildman–Crippen LogP) is 11.3. The minimum atomic E-state index is 1.23. The molecule has 0 nitrogen and oxygen atoms in total. The molecule has 0 atom stereocenters. The molecule has 0 saturated heterocycles. The van der Waals surface area contributed by atoms with E-state index in [1.807, 2.05) is 0 Å². The van der Waals surface area contributed by atoms with Gasteiger partial charge in [-0.25, -0.2) is 0 Å². The average Bonchev–Trinajstić information content (AvgIpc) is 3.04. The molecule has 0 amide bonds. The van der Waals surface area contributed by atoms with Crippen LogP contribution in [-0.2, 0) is 0 Å². The van der Waals surface area contributed by atoms with Crippen LogP contribution < -0.4 is 0 Å². The molecule has 0 aliphatic heterocycles. The highest BCUT2D eigenvalue weighted by atomic mass is 14.2. The Morgan fingerprint density at radius 3 is 1.20 bits per heavy atom. The Morgan fingerprint density at radius 1 is 0.250 bits per heavy atom. The SMILES string of the molecule is c1ccc(-c2ccc3cc(-c4ccccc4)c4c(-c5ccccc5)cc(-c5ccccc5)c5ccc2c3c54)cc1. The molecule has 0 aliphatic rings. The Kier molecular flexibility index (Phi) is 5.24. The van der Waals surface area contributed by atoms with Crippen molar-refractivity contribution in [3.8, 4) is 44.5 Å². The Labute approximate surface area is 234 Å². The van der Waals surface area contributed by atoms with E-state index in [9.17, 15) is 0 Å². The third-order valence-electron chi connectivity index (χ3n) is 8.22. The van der Waals surface area contributed by atoms with Crippen LogP contribution in [0.1, 0.15) is 0 Å². The van der Waals surface area contributed by atoms with Gasteiger partial charge >= 0.3 is 0 Å². The van der Waals surface area contributed by atoms with Gasteiger partial charge in [0.05, 0.1) is 0 Å². The number of hydrogen-bond donors (Lipinski definition) is 0. The van der Waals surface area contributed by atoms with E-state index < -0.39 is 0 Å². The van der Waals surface area contributed by atoms with Crippen LogP contribution >= 0.6 is 0 Å². The Hall–Kier alpha value is -5.20. The van der Waals surface area contributed by atoms with Crippen LogP contribution in [-0.4, -0.2) is 0 Å². The Morgan fingerprint density at radius 2 is 0.675 bits per heavy atom. The third-order valence-corrected chi connectivity index (χ3v) is 8.22. The second kappa shape index (κ2) is 9.22. The minimum Gasteiger partial charge on any atom is -0.0622 e. The van der Waals surface area contributed by atoms with Crippen LogP contribution in [0.4, 0.5) is 0 Å². The maximum atomic E-state index is 2.41. The van der Waals surface area contributed by atoms with Crippen molar-refractivity contribution < 1.29 is 0 Å². The standard InChI is InChI=1S/C40H26/c1-5-13-27(14-6-1)32-22-21-31-25-36(29-17-9-3-10-18-29)39-37(30-19-11-4-12-20-30)26-35(28-15-7-2-8-16-28)34-24-23-33(32)38(31)40(34)39/h1-26H. The smallest absolute Gasteiger partial charge is 0.000785 e. The van der Waals surface area contributed by atoms with E-state index in [2.05, 4.69) is 158 Å². The van der Waals surface area contributed by atoms with Crippen LogP contribution in [0.15, 0.2) is 158 Å². The van der Waals surface area contributed by atoms with Crippen LogP contribution in [0.5, 0.6) is 0 Å². The van der Waals surface area contributed by atoms with E-state index >= 15 is 0 Å². The van der Waals surface area contributed by atoms with Gasteiger partial charge in [-0.1, -0.05) is 146 Å². The monoisotopic (exact) mass is 506 g/mol. The van der Waals surface area contributed by atoms with Crippen molar-refractivity contribution in [2.75, 3.05) is 0 Å². The van der Waals surface area contributed by atoms with Crippen LogP contribution in [0.25, 0.3) is 76.8 Å². The summed E-state index contributed by atoms with van der Waals surface area (Å²) in [5.74, 6) is 0. The van der Waals surface area contributed by atoms with E-state index in [1.165, 1.54) is 76.8 Å². The second-order valence-corrected chi connectivity index (χ2v) is 10.5. The molecular weight excluding hydrogens is 480 g/mol. The van der Waals surface area contributed by atoms with Gasteiger partial charge < -0.3 is 0 Å². The molecule has 0 saturated carbocycles. The summed E-state index contributed by atoms with van der Waals surface area (Å²) >= 11 is 0. The molecule has 0 radical (unpaired) electrons. The quantitative estimate of drug-likeness (QED) is 0.208. The molecular formula is C40H26. The van der Waals surface area contributed by atoms with E-state index in [0.717, 1.165) is 0 Å². The largest absolute Gasteiger partial charge is 0.0622 e. The maximum Gasteiger partial charge on any atom is -0.000785 e. The summed E-state index contributed by atoms with van der Waals surface area (Å²) in [6.45, 7) is 0. The molecule has 0 heteroatoms. The summed E-state index contributed by atoms with van der Waals surface area (Å²) < 4.78 is 0. The first-order valence-corrected chi connectivity index (χ1v) is 13.9. The van der Waals surface area contributed by atoms with Crippen molar-refractivity contribution in [3.63, 3.8) is 0 Å². The fourth-order valence-electron chi connectivity index (χ4n) is 6.43. The zero-order valence-electron chi connectivity index (χ0n) is 22.0. The van der Waals surface area contributed by atoms with E-state index in [4.69, 9.17) is 0 Å². The lowest BCUT2D eigenvalue weighted by Gasteiger charge is -2.22. The third kappa shape index (κ3) is 3.54. The van der Waals surface area contributed by atoms with Gasteiger partial charge in [-0.15, -0.1) is 0 Å². The van der Waals surface area contributed by atoms with Crippen molar-refractivity contribution >= 4 is 32.3 Å². The number of benzene rings is 8. The molecule has 186 valence electrons. The molecule has 0 unspecified atom stereocenters. The molecule has 0 N–H and O–H groups in total. The molecule has 8 aromatic rings. The first-order chi connectivity index (χ1) is 19.9. The lowest BCUT2D eigenvalue weighted by Crippen LogP contribution is -1.95. The van der Waals surface area contributed by atoms with Crippen LogP contribution in [0.3, 0.4) is 0 Å². The van der Waals surface area contributed by atoms with Crippen molar-refractivity contribution in [1.82, 2.24) is 0 Å². The van der Waals surface area contributed by atoms with E-state index in [-0.39, 0.29) is 0 Å². The topological polar surface area (TPSA) is 0 Å². The maximum absolute atomic E-state index is 2.41. The van der Waals surface area contributed by atoms with Gasteiger partial charge in [-0.3, -0.25) is 0 Å². The summed E-state index contributed by atoms with van der Waals surface area (Å²) in [6, 6.07) is 57.4. The fourth-order valence-corrected chi connectivity index (χ4v) is 6.43. The van der Waals surface area contributed by atoms with E-state index in [0.29, 0.717) is 0 Å². The molecule has 0 heterocycles. The average molecular weight is 507 g/mol. The predicted molar refractivity (Wildman–Crippen MR) is 172 cm³/mol. The summed E-state index contributed by atoms with van der Waals surface area (Å²) in [7, 11) is 0. The molecule has 0 spiro atoms. The Balaban J connectivity index is 1.62. The number of hydrogen-bond acceptors (Lipinski definition) is 0. The summed E-state index contributed by atoms with van der Waals surface area (Å²) in [6.07, 6.45) is 0. The van der Waals surface area contributed by atoms with Gasteiger partial charge in [0.15, 0.2) is 0 Å². The minimum absolute atomic E-state index is 1.23. The lowest BCUT2D eigenvalue weighted by atomic mass is 9.81. The summed E-state index contributed by atoms with van der Waals surface area (Å²) in [5, 5.41) is 7.85.